The van der Waals surface area contributed by atoms with Gasteiger partial charge in [-0.05, 0) is 37.4 Å². The van der Waals surface area contributed by atoms with Crippen LogP contribution in [0.1, 0.15) is 25.7 Å². The number of ether oxygens (including phenoxy) is 1. The largest absolute Gasteiger partial charge is 0.381 e. The second-order valence-corrected chi connectivity index (χ2v) is 5.45. The van der Waals surface area contributed by atoms with Gasteiger partial charge in [-0.3, -0.25) is 0 Å². The molecule has 2 N–H and O–H groups in total. The molecule has 2 heterocycles. The average molecular weight is 201 g/mol. The smallest absolute Gasteiger partial charge is 0.0509 e. The Morgan fingerprint density at radius 1 is 1.31 bits per heavy atom. The molecule has 0 saturated carbocycles. The van der Waals surface area contributed by atoms with Crippen molar-refractivity contribution >= 4 is 11.8 Å². The van der Waals surface area contributed by atoms with Crippen LogP contribution in [0.5, 0.6) is 0 Å². The van der Waals surface area contributed by atoms with Crippen molar-refractivity contribution in [2.24, 2.45) is 11.7 Å². The van der Waals surface area contributed by atoms with Crippen LogP contribution in [0, 0.1) is 5.92 Å². The topological polar surface area (TPSA) is 35.2 Å². The number of hydrogen-bond donors (Lipinski definition) is 1. The Kier molecular flexibility index (Phi) is 3.52. The molecular formula is C10H19NOS. The van der Waals surface area contributed by atoms with Gasteiger partial charge in [0.1, 0.15) is 0 Å². The number of rotatable bonds is 2. The summed E-state index contributed by atoms with van der Waals surface area (Å²) in [6.45, 7) is 1.85. The first-order valence-corrected chi connectivity index (χ1v) is 6.38. The van der Waals surface area contributed by atoms with E-state index >= 15 is 0 Å². The van der Waals surface area contributed by atoms with E-state index in [0.717, 1.165) is 13.2 Å². The predicted octanol–water partition coefficient (Wildman–Crippen LogP) is 1.64. The van der Waals surface area contributed by atoms with Crippen LogP contribution in [-0.4, -0.2) is 30.3 Å². The Labute approximate surface area is 84.6 Å². The first-order chi connectivity index (χ1) is 6.38. The van der Waals surface area contributed by atoms with Crippen LogP contribution in [0.25, 0.3) is 0 Å². The van der Waals surface area contributed by atoms with E-state index in [1.807, 2.05) is 0 Å². The zero-order valence-corrected chi connectivity index (χ0v) is 8.89. The fraction of sp³-hybridized carbons (Fsp3) is 1.00. The first-order valence-electron chi connectivity index (χ1n) is 5.33. The van der Waals surface area contributed by atoms with Gasteiger partial charge in [0.15, 0.2) is 0 Å². The van der Waals surface area contributed by atoms with Gasteiger partial charge in [-0.25, -0.2) is 0 Å². The van der Waals surface area contributed by atoms with Gasteiger partial charge in [-0.1, -0.05) is 0 Å². The monoisotopic (exact) mass is 201 g/mol. The molecule has 3 atom stereocenters. The third kappa shape index (κ3) is 2.39. The fourth-order valence-electron chi connectivity index (χ4n) is 2.28. The molecule has 0 aliphatic carbocycles. The van der Waals surface area contributed by atoms with Gasteiger partial charge in [0.25, 0.3) is 0 Å². The SMILES string of the molecule is NC(C1CCCOC1)C1CCCS1. The van der Waals surface area contributed by atoms with Crippen LogP contribution in [0.3, 0.4) is 0 Å². The van der Waals surface area contributed by atoms with Crippen LogP contribution in [0.2, 0.25) is 0 Å². The van der Waals surface area contributed by atoms with Gasteiger partial charge in [0, 0.05) is 17.9 Å². The van der Waals surface area contributed by atoms with E-state index in [0.29, 0.717) is 17.2 Å². The molecule has 0 spiro atoms. The molecule has 0 radical (unpaired) electrons. The zero-order valence-electron chi connectivity index (χ0n) is 8.08. The van der Waals surface area contributed by atoms with Crippen molar-refractivity contribution < 1.29 is 4.74 Å². The molecular weight excluding hydrogens is 182 g/mol. The first kappa shape index (κ1) is 9.81. The van der Waals surface area contributed by atoms with E-state index in [1.165, 1.54) is 31.4 Å². The van der Waals surface area contributed by atoms with Crippen molar-refractivity contribution in [2.45, 2.75) is 37.0 Å². The van der Waals surface area contributed by atoms with Crippen molar-refractivity contribution in [3.8, 4) is 0 Å². The molecule has 13 heavy (non-hydrogen) atoms. The highest BCUT2D eigenvalue weighted by molar-refractivity contribution is 8.00. The van der Waals surface area contributed by atoms with Crippen LogP contribution in [-0.2, 0) is 4.74 Å². The van der Waals surface area contributed by atoms with Gasteiger partial charge in [0.2, 0.25) is 0 Å². The van der Waals surface area contributed by atoms with E-state index in [9.17, 15) is 0 Å². The number of thioether (sulfide) groups is 1. The van der Waals surface area contributed by atoms with Crippen molar-refractivity contribution in [3.63, 3.8) is 0 Å². The normalized spacial score (nSPS) is 37.6. The molecule has 0 aromatic heterocycles. The Morgan fingerprint density at radius 2 is 2.23 bits per heavy atom. The van der Waals surface area contributed by atoms with E-state index < -0.39 is 0 Å². The van der Waals surface area contributed by atoms with E-state index in [4.69, 9.17) is 10.5 Å². The minimum atomic E-state index is 0.382. The van der Waals surface area contributed by atoms with Crippen molar-refractivity contribution in [1.82, 2.24) is 0 Å². The summed E-state index contributed by atoms with van der Waals surface area (Å²) in [5.74, 6) is 1.94. The zero-order chi connectivity index (χ0) is 9.10. The molecule has 2 rings (SSSR count). The van der Waals surface area contributed by atoms with E-state index in [1.54, 1.807) is 0 Å². The summed E-state index contributed by atoms with van der Waals surface area (Å²) in [7, 11) is 0. The third-order valence-electron chi connectivity index (χ3n) is 3.13. The van der Waals surface area contributed by atoms with Crippen molar-refractivity contribution in [3.05, 3.63) is 0 Å². The lowest BCUT2D eigenvalue weighted by Gasteiger charge is -2.30. The summed E-state index contributed by atoms with van der Waals surface area (Å²) in [4.78, 5) is 0. The molecule has 2 fully saturated rings. The maximum Gasteiger partial charge on any atom is 0.0509 e. The lowest BCUT2D eigenvalue weighted by atomic mass is 9.91. The van der Waals surface area contributed by atoms with Crippen molar-refractivity contribution in [2.75, 3.05) is 19.0 Å². The molecule has 2 aliphatic rings. The molecule has 2 saturated heterocycles. The summed E-state index contributed by atoms with van der Waals surface area (Å²) < 4.78 is 5.47. The second-order valence-electron chi connectivity index (χ2n) is 4.11. The highest BCUT2D eigenvalue weighted by Crippen LogP contribution is 2.32. The molecule has 76 valence electrons. The maximum absolute atomic E-state index is 6.25. The molecule has 0 aromatic carbocycles. The minimum Gasteiger partial charge on any atom is -0.381 e. The van der Waals surface area contributed by atoms with Gasteiger partial charge < -0.3 is 10.5 Å². The quantitative estimate of drug-likeness (QED) is 0.737. The Hall–Kier alpha value is 0.270. The second kappa shape index (κ2) is 4.67. The summed E-state index contributed by atoms with van der Waals surface area (Å²) in [6.07, 6.45) is 5.16. The van der Waals surface area contributed by atoms with Crippen LogP contribution in [0.4, 0.5) is 0 Å². The van der Waals surface area contributed by atoms with Gasteiger partial charge in [-0.15, -0.1) is 0 Å². The molecule has 2 nitrogen and oxygen atoms in total. The van der Waals surface area contributed by atoms with Crippen LogP contribution in [0.15, 0.2) is 0 Å². The Balaban J connectivity index is 1.83. The maximum atomic E-state index is 6.25. The highest BCUT2D eigenvalue weighted by Gasteiger charge is 2.30. The standard InChI is InChI=1S/C10H19NOS/c11-10(9-4-2-6-13-9)8-3-1-5-12-7-8/h8-10H,1-7,11H2. The lowest BCUT2D eigenvalue weighted by Crippen LogP contribution is -2.42. The average Bonchev–Trinajstić information content (AvgIpc) is 2.71. The van der Waals surface area contributed by atoms with Gasteiger partial charge in [-0.2, -0.15) is 11.8 Å². The lowest BCUT2D eigenvalue weighted by molar-refractivity contribution is 0.0446. The predicted molar refractivity (Wildman–Crippen MR) is 57.0 cm³/mol. The Morgan fingerprint density at radius 3 is 2.85 bits per heavy atom. The van der Waals surface area contributed by atoms with Gasteiger partial charge in [0.05, 0.1) is 6.61 Å². The summed E-state index contributed by atoms with van der Waals surface area (Å²) in [6, 6.07) is 0.382. The summed E-state index contributed by atoms with van der Waals surface area (Å²) in [5.41, 5.74) is 6.25. The Bertz CT molecular complexity index is 153. The van der Waals surface area contributed by atoms with Crippen LogP contribution >= 0.6 is 11.8 Å². The molecule has 3 unspecified atom stereocenters. The molecule has 3 heteroatoms. The number of hydrogen-bond acceptors (Lipinski definition) is 3. The summed E-state index contributed by atoms with van der Waals surface area (Å²) >= 11 is 2.06. The molecule has 0 bridgehead atoms. The van der Waals surface area contributed by atoms with E-state index in [-0.39, 0.29) is 0 Å². The third-order valence-corrected chi connectivity index (χ3v) is 4.64. The molecule has 0 aromatic rings. The fourth-order valence-corrected chi connectivity index (χ4v) is 3.69. The van der Waals surface area contributed by atoms with Crippen LogP contribution < -0.4 is 5.73 Å². The van der Waals surface area contributed by atoms with Gasteiger partial charge >= 0.3 is 0 Å². The minimum absolute atomic E-state index is 0.382. The molecule has 2 aliphatic heterocycles. The summed E-state index contributed by atoms with van der Waals surface area (Å²) in [5, 5.41) is 0.715. The number of nitrogens with two attached hydrogens (primary N) is 1. The van der Waals surface area contributed by atoms with Crippen molar-refractivity contribution in [1.29, 1.82) is 0 Å². The highest BCUT2D eigenvalue weighted by atomic mass is 32.2. The van der Waals surface area contributed by atoms with E-state index in [2.05, 4.69) is 11.8 Å². The molecule has 0 amide bonds.